The largest absolute Gasteiger partial charge is 0.506 e. The van der Waals surface area contributed by atoms with E-state index in [1.807, 2.05) is 0 Å². The number of hydrogen-bond donors (Lipinski definition) is 1. The molecule has 1 saturated carbocycles. The van der Waals surface area contributed by atoms with E-state index in [1.165, 1.54) is 0 Å². The average Bonchev–Trinajstić information content (AvgIpc) is 2.61. The van der Waals surface area contributed by atoms with Crippen LogP contribution in [0, 0.1) is 0 Å². The van der Waals surface area contributed by atoms with E-state index in [0.717, 1.165) is 0 Å². The van der Waals surface area contributed by atoms with Crippen molar-refractivity contribution in [2.24, 2.45) is 0 Å². The van der Waals surface area contributed by atoms with Gasteiger partial charge in [-0.25, -0.2) is 0 Å². The van der Waals surface area contributed by atoms with Crippen molar-refractivity contribution >= 4 is 5.78 Å². The van der Waals surface area contributed by atoms with Gasteiger partial charge in [-0.1, -0.05) is 0 Å². The van der Waals surface area contributed by atoms with Crippen molar-refractivity contribution in [3.05, 3.63) is 11.3 Å². The second-order valence-electron chi connectivity index (χ2n) is 3.75. The molecule has 0 aromatic rings. The molecule has 9 heteroatoms. The fourth-order valence-corrected chi connectivity index (χ4v) is 1.48. The normalized spacial score (nSPS) is 21.4. The van der Waals surface area contributed by atoms with Crippen molar-refractivity contribution in [3.8, 4) is 0 Å². The van der Waals surface area contributed by atoms with E-state index >= 15 is 0 Å². The predicted molar refractivity (Wildman–Crippen MR) is 44.5 cm³/mol. The first-order valence-corrected chi connectivity index (χ1v) is 4.71. The van der Waals surface area contributed by atoms with Crippen LogP contribution in [0.15, 0.2) is 11.3 Å². The maximum atomic E-state index is 13.0. The van der Waals surface area contributed by atoms with Crippen molar-refractivity contribution in [1.29, 1.82) is 0 Å². The van der Waals surface area contributed by atoms with Crippen molar-refractivity contribution in [1.82, 2.24) is 0 Å². The van der Waals surface area contributed by atoms with Gasteiger partial charge in [0, 0.05) is 12.0 Å². The average molecular weight is 280 g/mol. The van der Waals surface area contributed by atoms with Crippen molar-refractivity contribution in [3.63, 3.8) is 0 Å². The number of carbonyl (C=O) groups excluding carboxylic acids is 1. The van der Waals surface area contributed by atoms with Crippen LogP contribution < -0.4 is 0 Å². The summed E-state index contributed by atoms with van der Waals surface area (Å²) < 4.78 is 86.6. The molecule has 0 aromatic carbocycles. The Kier molecular flexibility index (Phi) is 3.39. The van der Waals surface area contributed by atoms with Gasteiger partial charge in [0.1, 0.15) is 0 Å². The molecule has 1 N–H and O–H groups in total. The van der Waals surface area contributed by atoms with Crippen molar-refractivity contribution in [2.45, 2.75) is 37.3 Å². The first-order valence-electron chi connectivity index (χ1n) is 4.71. The van der Waals surface area contributed by atoms with Crippen LogP contribution in [0.1, 0.15) is 19.3 Å². The highest BCUT2D eigenvalue weighted by Crippen LogP contribution is 2.50. The van der Waals surface area contributed by atoms with E-state index in [9.17, 15) is 35.5 Å². The van der Waals surface area contributed by atoms with Crippen molar-refractivity contribution < 1.29 is 40.6 Å². The summed E-state index contributed by atoms with van der Waals surface area (Å²) in [5.74, 6) is -15.8. The van der Waals surface area contributed by atoms with Gasteiger partial charge in [0.25, 0.3) is 0 Å². The number of carbonyl (C=O) groups is 1. The molecule has 2 nitrogen and oxygen atoms in total. The third-order valence-corrected chi connectivity index (χ3v) is 2.50. The maximum Gasteiger partial charge on any atom is 0.460 e. The Balaban J connectivity index is 3.26. The minimum atomic E-state index is -6.54. The SMILES string of the molecule is O=C1CCCC1=C(O)C(F)(F)C(F)(F)C(F)(F)F. The first-order chi connectivity index (χ1) is 7.93. The van der Waals surface area contributed by atoms with Gasteiger partial charge in [0.2, 0.25) is 0 Å². The minimum Gasteiger partial charge on any atom is -0.506 e. The summed E-state index contributed by atoms with van der Waals surface area (Å²) in [6.45, 7) is 0. The monoisotopic (exact) mass is 280 g/mol. The van der Waals surface area contributed by atoms with Gasteiger partial charge in [-0.3, -0.25) is 4.79 Å². The summed E-state index contributed by atoms with van der Waals surface area (Å²) in [6, 6.07) is 0. The molecule has 18 heavy (non-hydrogen) atoms. The molecule has 0 amide bonds. The van der Waals surface area contributed by atoms with Crippen LogP contribution in [0.4, 0.5) is 30.7 Å². The molecule has 0 aromatic heterocycles. The summed E-state index contributed by atoms with van der Waals surface area (Å²) in [6.07, 6.45) is -7.24. The molecule has 0 radical (unpaired) electrons. The molecule has 0 heterocycles. The molecule has 0 atom stereocenters. The number of allylic oxidation sites excluding steroid dienone is 2. The van der Waals surface area contributed by atoms with Crippen LogP contribution in [0.2, 0.25) is 0 Å². The van der Waals surface area contributed by atoms with Gasteiger partial charge < -0.3 is 5.11 Å². The Morgan fingerprint density at radius 2 is 1.50 bits per heavy atom. The summed E-state index contributed by atoms with van der Waals surface area (Å²) >= 11 is 0. The molecular weight excluding hydrogens is 273 g/mol. The molecule has 1 rings (SSSR count). The van der Waals surface area contributed by atoms with Gasteiger partial charge in [0.15, 0.2) is 11.5 Å². The summed E-state index contributed by atoms with van der Waals surface area (Å²) in [5.41, 5.74) is -1.07. The molecule has 0 unspecified atom stereocenters. The molecule has 0 saturated heterocycles. The Bertz CT molecular complexity index is 394. The lowest BCUT2D eigenvalue weighted by Crippen LogP contribution is -2.53. The highest BCUT2D eigenvalue weighted by molar-refractivity contribution is 5.98. The summed E-state index contributed by atoms with van der Waals surface area (Å²) in [4.78, 5) is 11.0. The van der Waals surface area contributed by atoms with Gasteiger partial charge in [0.05, 0.1) is 0 Å². The Morgan fingerprint density at radius 1 is 1.00 bits per heavy atom. The smallest absolute Gasteiger partial charge is 0.460 e. The van der Waals surface area contributed by atoms with Gasteiger partial charge >= 0.3 is 18.0 Å². The van der Waals surface area contributed by atoms with E-state index in [0.29, 0.717) is 0 Å². The van der Waals surface area contributed by atoms with Gasteiger partial charge in [-0.2, -0.15) is 30.7 Å². The van der Waals surface area contributed by atoms with E-state index in [-0.39, 0.29) is 12.8 Å². The number of aliphatic hydroxyl groups excluding tert-OH is 1. The molecule has 1 fully saturated rings. The number of aliphatic hydroxyl groups is 1. The third-order valence-electron chi connectivity index (χ3n) is 2.50. The number of Topliss-reactive ketones (excluding diaryl/α,β-unsaturated/α-hetero) is 1. The van der Waals surface area contributed by atoms with Gasteiger partial charge in [-0.15, -0.1) is 0 Å². The van der Waals surface area contributed by atoms with E-state index < -0.39 is 41.6 Å². The Morgan fingerprint density at radius 3 is 1.83 bits per heavy atom. The van der Waals surface area contributed by atoms with E-state index in [4.69, 9.17) is 5.11 Å². The zero-order valence-corrected chi connectivity index (χ0v) is 8.62. The number of rotatable bonds is 2. The zero-order chi connectivity index (χ0) is 14.4. The number of halogens is 7. The van der Waals surface area contributed by atoms with E-state index in [2.05, 4.69) is 0 Å². The van der Waals surface area contributed by atoms with Gasteiger partial charge in [-0.05, 0) is 12.8 Å². The quantitative estimate of drug-likeness (QED) is 0.478. The second kappa shape index (κ2) is 4.13. The van der Waals surface area contributed by atoms with Crippen LogP contribution in [-0.2, 0) is 4.79 Å². The topological polar surface area (TPSA) is 37.3 Å². The third kappa shape index (κ3) is 2.05. The fourth-order valence-electron chi connectivity index (χ4n) is 1.48. The molecule has 0 bridgehead atoms. The number of hydrogen-bond acceptors (Lipinski definition) is 2. The minimum absolute atomic E-state index is 0.0197. The molecule has 0 spiro atoms. The van der Waals surface area contributed by atoms with E-state index in [1.54, 1.807) is 0 Å². The predicted octanol–water partition coefficient (Wildman–Crippen LogP) is 3.38. The maximum absolute atomic E-state index is 13.0. The molecule has 1 aliphatic carbocycles. The van der Waals surface area contributed by atoms with Crippen LogP contribution in [-0.4, -0.2) is 28.9 Å². The number of alkyl halides is 7. The van der Waals surface area contributed by atoms with Crippen LogP contribution >= 0.6 is 0 Å². The Labute approximate surface area is 96.1 Å². The molecule has 0 aliphatic heterocycles. The lowest BCUT2D eigenvalue weighted by atomic mass is 10.0. The van der Waals surface area contributed by atoms with Crippen molar-refractivity contribution in [2.75, 3.05) is 0 Å². The first kappa shape index (κ1) is 14.8. The summed E-state index contributed by atoms with van der Waals surface area (Å²) in [7, 11) is 0. The zero-order valence-electron chi connectivity index (χ0n) is 8.62. The lowest BCUT2D eigenvalue weighted by molar-refractivity contribution is -0.349. The summed E-state index contributed by atoms with van der Waals surface area (Å²) in [5, 5.41) is 8.87. The standard InChI is InChI=1S/C9H7F7O2/c10-7(11,8(12,13)9(14,15)16)6(18)4-2-1-3-5(4)17/h18H,1-3H2. The number of ketones is 1. The molecule has 104 valence electrons. The molecular formula is C9H7F7O2. The second-order valence-corrected chi connectivity index (χ2v) is 3.75. The Hall–Kier alpha value is -1.28. The highest BCUT2D eigenvalue weighted by atomic mass is 19.4. The van der Waals surface area contributed by atoms with Crippen LogP contribution in [0.3, 0.4) is 0 Å². The van der Waals surface area contributed by atoms with Crippen LogP contribution in [0.25, 0.3) is 0 Å². The lowest BCUT2D eigenvalue weighted by Gasteiger charge is -2.28. The van der Waals surface area contributed by atoms with Crippen LogP contribution in [0.5, 0.6) is 0 Å². The highest BCUT2D eigenvalue weighted by Gasteiger charge is 2.75. The fraction of sp³-hybridized carbons (Fsp3) is 0.667. The molecule has 1 aliphatic rings.